The van der Waals surface area contributed by atoms with E-state index in [2.05, 4.69) is 20.2 Å². The fraction of sp³-hybridized carbons (Fsp3) is 0.565. The predicted molar refractivity (Wildman–Crippen MR) is 125 cm³/mol. The van der Waals surface area contributed by atoms with Crippen LogP contribution in [0.15, 0.2) is 24.4 Å². The first kappa shape index (κ1) is 24.6. The molecule has 0 spiro atoms. The summed E-state index contributed by atoms with van der Waals surface area (Å²) < 4.78 is 61.8. The summed E-state index contributed by atoms with van der Waals surface area (Å²) >= 11 is 0. The third-order valence-electron chi connectivity index (χ3n) is 6.50. The van der Waals surface area contributed by atoms with E-state index in [1.54, 1.807) is 13.8 Å². The molecule has 2 aromatic rings. The normalized spacial score (nSPS) is 19.9. The smallest absolute Gasteiger partial charge is 0.171 e. The second-order valence-corrected chi connectivity index (χ2v) is 11.9. The Labute approximate surface area is 198 Å². The number of hydrogen-bond acceptors (Lipinski definition) is 8. The average Bonchev–Trinajstić information content (AvgIpc) is 3.29. The van der Waals surface area contributed by atoms with Crippen molar-refractivity contribution in [2.24, 2.45) is 0 Å². The summed E-state index contributed by atoms with van der Waals surface area (Å²) in [4.78, 5) is 11.4. The largest absolute Gasteiger partial charge is 0.487 e. The van der Waals surface area contributed by atoms with Crippen LogP contribution in [0.1, 0.15) is 38.8 Å². The number of nitrogens with zero attached hydrogens (tertiary/aromatic N) is 3. The van der Waals surface area contributed by atoms with E-state index in [-0.39, 0.29) is 17.9 Å². The summed E-state index contributed by atoms with van der Waals surface area (Å²) in [6.07, 6.45) is 4.54. The number of halogens is 2. The molecule has 8 nitrogen and oxygen atoms in total. The van der Waals surface area contributed by atoms with Crippen molar-refractivity contribution in [3.8, 4) is 5.75 Å². The molecule has 0 amide bonds. The van der Waals surface area contributed by atoms with E-state index < -0.39 is 26.2 Å². The number of benzene rings is 1. The number of rotatable bonds is 7. The summed E-state index contributed by atoms with van der Waals surface area (Å²) in [7, 11) is -3.42. The van der Waals surface area contributed by atoms with Crippen molar-refractivity contribution in [2.45, 2.75) is 50.0 Å². The van der Waals surface area contributed by atoms with Gasteiger partial charge in [0, 0.05) is 44.9 Å². The minimum Gasteiger partial charge on any atom is -0.487 e. The molecule has 0 bridgehead atoms. The molecule has 186 valence electrons. The van der Waals surface area contributed by atoms with Gasteiger partial charge in [0.05, 0.1) is 24.5 Å². The summed E-state index contributed by atoms with van der Waals surface area (Å²) in [5.41, 5.74) is 0.366. The number of sulfone groups is 1. The molecule has 11 heteroatoms. The van der Waals surface area contributed by atoms with Gasteiger partial charge in [-0.05, 0) is 32.4 Å². The molecule has 0 radical (unpaired) electrons. The minimum atomic E-state index is -3.42. The van der Waals surface area contributed by atoms with Gasteiger partial charge < -0.3 is 19.7 Å². The number of nitrogens with one attached hydrogen (secondary N) is 1. The van der Waals surface area contributed by atoms with E-state index in [0.717, 1.165) is 12.5 Å². The molecule has 1 N–H and O–H groups in total. The van der Waals surface area contributed by atoms with E-state index in [1.807, 2.05) is 0 Å². The number of piperidine rings is 1. The van der Waals surface area contributed by atoms with Gasteiger partial charge in [0.2, 0.25) is 0 Å². The lowest BCUT2D eigenvalue weighted by atomic mass is 10.1. The molecule has 2 saturated heterocycles. The van der Waals surface area contributed by atoms with Crippen LogP contribution in [-0.2, 0) is 19.3 Å². The Kier molecular flexibility index (Phi) is 6.95. The van der Waals surface area contributed by atoms with Crippen molar-refractivity contribution in [2.75, 3.05) is 42.8 Å². The molecule has 3 heterocycles. The molecule has 2 aliphatic rings. The topological polar surface area (TPSA) is 93.7 Å². The lowest BCUT2D eigenvalue weighted by Gasteiger charge is -2.34. The summed E-state index contributed by atoms with van der Waals surface area (Å²) in [6, 6.07) is 3.35. The standard InChI is InChI=1S/C23H30F2N4O4S/c1-23(2,34(3,30)31)20-13-26-22(21(28-20)27-16-8-11-32-14-16)29-9-6-17(7-10-29)33-19-5-4-15(24)12-18(19)25/h4-5,12-13,16-17H,6-11,14H2,1-3H3,(H,27,28)/t16-/m1/s1. The summed E-state index contributed by atoms with van der Waals surface area (Å²) in [5.74, 6) is -0.174. The molecular formula is C23H30F2N4O4S. The molecule has 2 aliphatic heterocycles. The lowest BCUT2D eigenvalue weighted by Crippen LogP contribution is -2.40. The highest BCUT2D eigenvalue weighted by atomic mass is 32.2. The van der Waals surface area contributed by atoms with Crippen LogP contribution in [0.3, 0.4) is 0 Å². The molecule has 1 aromatic carbocycles. The maximum absolute atomic E-state index is 14.0. The van der Waals surface area contributed by atoms with E-state index in [0.29, 0.717) is 56.5 Å². The van der Waals surface area contributed by atoms with Crippen molar-refractivity contribution in [1.29, 1.82) is 0 Å². The highest BCUT2D eigenvalue weighted by Gasteiger charge is 2.36. The summed E-state index contributed by atoms with van der Waals surface area (Å²) in [6.45, 7) is 5.61. The zero-order chi connectivity index (χ0) is 24.5. The van der Waals surface area contributed by atoms with Gasteiger partial charge in [0.25, 0.3) is 0 Å². The Balaban J connectivity index is 1.52. The predicted octanol–water partition coefficient (Wildman–Crippen LogP) is 3.28. The Morgan fingerprint density at radius 1 is 1.21 bits per heavy atom. The van der Waals surface area contributed by atoms with Crippen LogP contribution in [-0.4, -0.2) is 63.1 Å². The first-order chi connectivity index (χ1) is 16.0. The van der Waals surface area contributed by atoms with E-state index >= 15 is 0 Å². The zero-order valence-electron chi connectivity index (χ0n) is 19.6. The maximum atomic E-state index is 14.0. The molecule has 1 atom stereocenters. The van der Waals surface area contributed by atoms with Crippen molar-refractivity contribution in [1.82, 2.24) is 9.97 Å². The Morgan fingerprint density at radius 3 is 2.56 bits per heavy atom. The van der Waals surface area contributed by atoms with Gasteiger partial charge in [-0.25, -0.2) is 27.2 Å². The van der Waals surface area contributed by atoms with E-state index in [1.165, 1.54) is 24.6 Å². The van der Waals surface area contributed by atoms with Crippen LogP contribution in [0, 0.1) is 11.6 Å². The van der Waals surface area contributed by atoms with Crippen molar-refractivity contribution in [3.63, 3.8) is 0 Å². The molecule has 0 unspecified atom stereocenters. The van der Waals surface area contributed by atoms with Crippen LogP contribution in [0.2, 0.25) is 0 Å². The van der Waals surface area contributed by atoms with E-state index in [9.17, 15) is 17.2 Å². The third kappa shape index (κ3) is 5.25. The van der Waals surface area contributed by atoms with Gasteiger partial charge in [-0.15, -0.1) is 0 Å². The second kappa shape index (κ2) is 9.61. The van der Waals surface area contributed by atoms with Gasteiger partial charge in [0.15, 0.2) is 33.0 Å². The van der Waals surface area contributed by atoms with Gasteiger partial charge in [-0.3, -0.25) is 0 Å². The number of hydrogen-bond donors (Lipinski definition) is 1. The van der Waals surface area contributed by atoms with Gasteiger partial charge in [-0.1, -0.05) is 0 Å². The maximum Gasteiger partial charge on any atom is 0.171 e. The van der Waals surface area contributed by atoms with Crippen LogP contribution in [0.4, 0.5) is 20.4 Å². The molecule has 2 fully saturated rings. The van der Waals surface area contributed by atoms with Crippen molar-refractivity contribution >= 4 is 21.5 Å². The number of aromatic nitrogens is 2. The van der Waals surface area contributed by atoms with Gasteiger partial charge in [-0.2, -0.15) is 0 Å². The third-order valence-corrected chi connectivity index (χ3v) is 8.56. The fourth-order valence-electron chi connectivity index (χ4n) is 3.97. The molecule has 0 saturated carbocycles. The first-order valence-corrected chi connectivity index (χ1v) is 13.2. The van der Waals surface area contributed by atoms with Crippen LogP contribution in [0.25, 0.3) is 0 Å². The second-order valence-electron chi connectivity index (χ2n) is 9.29. The Morgan fingerprint density at radius 2 is 1.94 bits per heavy atom. The monoisotopic (exact) mass is 496 g/mol. The fourth-order valence-corrected chi connectivity index (χ4v) is 4.45. The van der Waals surface area contributed by atoms with Gasteiger partial charge >= 0.3 is 0 Å². The molecule has 1 aromatic heterocycles. The number of ether oxygens (including phenoxy) is 2. The van der Waals surface area contributed by atoms with Crippen LogP contribution < -0.4 is 15.0 Å². The first-order valence-electron chi connectivity index (χ1n) is 11.3. The van der Waals surface area contributed by atoms with Crippen molar-refractivity contribution < 1.29 is 26.7 Å². The summed E-state index contributed by atoms with van der Waals surface area (Å²) in [5, 5.41) is 3.38. The highest BCUT2D eigenvalue weighted by molar-refractivity contribution is 7.91. The van der Waals surface area contributed by atoms with E-state index in [4.69, 9.17) is 9.47 Å². The zero-order valence-corrected chi connectivity index (χ0v) is 20.4. The Hall–Kier alpha value is -2.53. The number of anilines is 2. The SMILES string of the molecule is CC(C)(c1cnc(N2CCC(Oc3ccc(F)cc3F)CC2)c(N[C@@H]2CCOC2)n1)S(C)(=O)=O. The van der Waals surface area contributed by atoms with Crippen LogP contribution >= 0.6 is 0 Å². The lowest BCUT2D eigenvalue weighted by molar-refractivity contribution is 0.163. The molecular weight excluding hydrogens is 466 g/mol. The molecule has 4 rings (SSSR count). The average molecular weight is 497 g/mol. The molecule has 34 heavy (non-hydrogen) atoms. The quantitative estimate of drug-likeness (QED) is 0.624. The highest BCUT2D eigenvalue weighted by Crippen LogP contribution is 2.33. The van der Waals surface area contributed by atoms with Crippen molar-refractivity contribution in [3.05, 3.63) is 41.7 Å². The van der Waals surface area contributed by atoms with Gasteiger partial charge in [0.1, 0.15) is 16.7 Å². The Bertz CT molecular complexity index is 1130. The minimum absolute atomic E-state index is 0.0376. The molecule has 0 aliphatic carbocycles. The van der Waals surface area contributed by atoms with Crippen LogP contribution in [0.5, 0.6) is 5.75 Å².